The van der Waals surface area contributed by atoms with Crippen LogP contribution in [-0.4, -0.2) is 12.6 Å². The Bertz CT molecular complexity index is 571. The second kappa shape index (κ2) is 7.61. The Morgan fingerprint density at radius 1 is 0.952 bits per heavy atom. The quantitative estimate of drug-likeness (QED) is 0.745. The fourth-order valence-corrected chi connectivity index (χ4v) is 2.93. The topological polar surface area (TPSA) is 12.0 Å². The van der Waals surface area contributed by atoms with E-state index in [-0.39, 0.29) is 0 Å². The molecule has 0 aliphatic carbocycles. The summed E-state index contributed by atoms with van der Waals surface area (Å²) in [6.07, 6.45) is 3.73. The minimum absolute atomic E-state index is 0.595. The molecule has 1 unspecified atom stereocenters. The van der Waals surface area contributed by atoms with Crippen molar-refractivity contribution in [3.05, 3.63) is 47.5 Å². The number of fused-ring (bicyclic) bond motifs is 1. The van der Waals surface area contributed by atoms with Crippen molar-refractivity contribution in [3.63, 3.8) is 0 Å². The minimum Gasteiger partial charge on any atom is -0.315 e. The van der Waals surface area contributed by atoms with Gasteiger partial charge in [0.1, 0.15) is 0 Å². The van der Waals surface area contributed by atoms with Gasteiger partial charge < -0.3 is 5.32 Å². The van der Waals surface area contributed by atoms with E-state index in [4.69, 9.17) is 0 Å². The first kappa shape index (κ1) is 16.0. The van der Waals surface area contributed by atoms with Gasteiger partial charge in [0.15, 0.2) is 0 Å². The Balaban J connectivity index is 1.98. The maximum atomic E-state index is 3.52. The highest BCUT2D eigenvalue weighted by atomic mass is 14.9. The van der Waals surface area contributed by atoms with Gasteiger partial charge in [0.2, 0.25) is 0 Å². The molecule has 0 aliphatic rings. The average Bonchev–Trinajstić information content (AvgIpc) is 2.46. The van der Waals surface area contributed by atoms with Crippen molar-refractivity contribution in [2.75, 3.05) is 6.54 Å². The molecule has 0 aliphatic heterocycles. The first-order valence-corrected chi connectivity index (χ1v) is 8.28. The van der Waals surface area contributed by atoms with Gasteiger partial charge in [-0.25, -0.2) is 0 Å². The van der Waals surface area contributed by atoms with Crippen LogP contribution in [0.4, 0.5) is 0 Å². The van der Waals surface area contributed by atoms with Gasteiger partial charge in [0.05, 0.1) is 0 Å². The molecule has 1 nitrogen and oxygen atoms in total. The summed E-state index contributed by atoms with van der Waals surface area (Å²) in [7, 11) is 0. The van der Waals surface area contributed by atoms with Crippen molar-refractivity contribution < 1.29 is 0 Å². The average molecular weight is 283 g/mol. The normalized spacial score (nSPS) is 13.0. The molecule has 2 aromatic carbocycles. The molecule has 0 spiro atoms. The Kier molecular flexibility index (Phi) is 5.81. The maximum Gasteiger partial charge on any atom is 0.00103 e. The highest BCUT2D eigenvalue weighted by Crippen LogP contribution is 2.25. The molecule has 1 N–H and O–H groups in total. The SMILES string of the molecule is Cc1ccc2ccccc2c1CCC(C)CCNC(C)C. The molecule has 0 radical (unpaired) electrons. The third kappa shape index (κ3) is 4.57. The second-order valence-electron chi connectivity index (χ2n) is 6.62. The van der Waals surface area contributed by atoms with Gasteiger partial charge in [-0.2, -0.15) is 0 Å². The molecule has 0 saturated carbocycles. The highest BCUT2D eigenvalue weighted by molar-refractivity contribution is 5.86. The Morgan fingerprint density at radius 3 is 2.48 bits per heavy atom. The van der Waals surface area contributed by atoms with Crippen LogP contribution < -0.4 is 5.32 Å². The van der Waals surface area contributed by atoms with E-state index in [0.29, 0.717) is 6.04 Å². The van der Waals surface area contributed by atoms with E-state index >= 15 is 0 Å². The molecule has 1 heteroatoms. The van der Waals surface area contributed by atoms with Gasteiger partial charge in [-0.3, -0.25) is 0 Å². The number of hydrogen-bond donors (Lipinski definition) is 1. The van der Waals surface area contributed by atoms with Crippen LogP contribution in [0.5, 0.6) is 0 Å². The summed E-state index contributed by atoms with van der Waals surface area (Å²) >= 11 is 0. The van der Waals surface area contributed by atoms with E-state index in [9.17, 15) is 0 Å². The molecular formula is C20H29N. The van der Waals surface area contributed by atoms with Gasteiger partial charge in [-0.15, -0.1) is 0 Å². The summed E-state index contributed by atoms with van der Waals surface area (Å²) in [5.41, 5.74) is 2.97. The lowest BCUT2D eigenvalue weighted by Crippen LogP contribution is -2.25. The monoisotopic (exact) mass is 283 g/mol. The van der Waals surface area contributed by atoms with Gasteiger partial charge >= 0.3 is 0 Å². The molecule has 0 aromatic heterocycles. The minimum atomic E-state index is 0.595. The van der Waals surface area contributed by atoms with Crippen LogP contribution in [0.1, 0.15) is 44.7 Å². The fourth-order valence-electron chi connectivity index (χ4n) is 2.93. The smallest absolute Gasteiger partial charge is 0.00103 e. The lowest BCUT2D eigenvalue weighted by molar-refractivity contribution is 0.454. The van der Waals surface area contributed by atoms with E-state index in [1.54, 1.807) is 0 Å². The Morgan fingerprint density at radius 2 is 1.71 bits per heavy atom. The van der Waals surface area contributed by atoms with Gasteiger partial charge in [-0.05, 0) is 60.5 Å². The highest BCUT2D eigenvalue weighted by Gasteiger charge is 2.08. The molecule has 0 bridgehead atoms. The summed E-state index contributed by atoms with van der Waals surface area (Å²) < 4.78 is 0. The van der Waals surface area contributed by atoms with E-state index in [0.717, 1.165) is 12.5 Å². The van der Waals surface area contributed by atoms with Crippen LogP contribution in [0.25, 0.3) is 10.8 Å². The zero-order valence-corrected chi connectivity index (χ0v) is 13.9. The zero-order chi connectivity index (χ0) is 15.2. The lowest BCUT2D eigenvalue weighted by atomic mass is 9.92. The molecule has 21 heavy (non-hydrogen) atoms. The molecule has 0 amide bonds. The van der Waals surface area contributed by atoms with Crippen molar-refractivity contribution in [3.8, 4) is 0 Å². The summed E-state index contributed by atoms with van der Waals surface area (Å²) in [5, 5.41) is 6.32. The number of benzene rings is 2. The predicted molar refractivity (Wildman–Crippen MR) is 93.9 cm³/mol. The van der Waals surface area contributed by atoms with Gasteiger partial charge in [-0.1, -0.05) is 57.2 Å². The van der Waals surface area contributed by atoms with Crippen LogP contribution in [0.2, 0.25) is 0 Å². The summed E-state index contributed by atoms with van der Waals surface area (Å²) in [6.45, 7) is 10.2. The summed E-state index contributed by atoms with van der Waals surface area (Å²) in [4.78, 5) is 0. The molecule has 1 atom stereocenters. The summed E-state index contributed by atoms with van der Waals surface area (Å²) in [6, 6.07) is 13.9. The van der Waals surface area contributed by atoms with E-state index in [2.05, 4.69) is 69.4 Å². The van der Waals surface area contributed by atoms with Crippen LogP contribution >= 0.6 is 0 Å². The fraction of sp³-hybridized carbons (Fsp3) is 0.500. The first-order chi connectivity index (χ1) is 10.1. The lowest BCUT2D eigenvalue weighted by Gasteiger charge is -2.15. The largest absolute Gasteiger partial charge is 0.315 e. The third-order valence-electron chi connectivity index (χ3n) is 4.35. The molecule has 0 fully saturated rings. The number of aryl methyl sites for hydroxylation is 2. The molecule has 114 valence electrons. The van der Waals surface area contributed by atoms with Crippen LogP contribution in [0.15, 0.2) is 36.4 Å². The standard InChI is InChI=1S/C20H29N/c1-15(2)21-14-13-16(3)9-12-19-17(4)10-11-18-7-5-6-8-20(18)19/h5-8,10-11,15-16,21H,9,12-14H2,1-4H3. The molecule has 2 rings (SSSR count). The van der Waals surface area contributed by atoms with Gasteiger partial charge in [0, 0.05) is 6.04 Å². The number of rotatable bonds is 7. The van der Waals surface area contributed by atoms with Crippen molar-refractivity contribution in [1.82, 2.24) is 5.32 Å². The van der Waals surface area contributed by atoms with Crippen molar-refractivity contribution >= 4 is 10.8 Å². The number of nitrogens with one attached hydrogen (secondary N) is 1. The van der Waals surface area contributed by atoms with E-state index in [1.807, 2.05) is 0 Å². The van der Waals surface area contributed by atoms with E-state index < -0.39 is 0 Å². The van der Waals surface area contributed by atoms with Crippen LogP contribution in [0.3, 0.4) is 0 Å². The van der Waals surface area contributed by atoms with Gasteiger partial charge in [0.25, 0.3) is 0 Å². The molecule has 0 saturated heterocycles. The number of hydrogen-bond acceptors (Lipinski definition) is 1. The molecule has 0 heterocycles. The zero-order valence-electron chi connectivity index (χ0n) is 13.9. The van der Waals surface area contributed by atoms with Crippen LogP contribution in [-0.2, 0) is 6.42 Å². The second-order valence-corrected chi connectivity index (χ2v) is 6.62. The van der Waals surface area contributed by atoms with E-state index in [1.165, 1.54) is 41.2 Å². The summed E-state index contributed by atoms with van der Waals surface area (Å²) in [5.74, 6) is 0.773. The van der Waals surface area contributed by atoms with Crippen molar-refractivity contribution in [1.29, 1.82) is 0 Å². The third-order valence-corrected chi connectivity index (χ3v) is 4.35. The Hall–Kier alpha value is -1.34. The predicted octanol–water partition coefficient (Wildman–Crippen LogP) is 5.11. The van der Waals surface area contributed by atoms with Crippen molar-refractivity contribution in [2.45, 2.75) is 53.0 Å². The first-order valence-electron chi connectivity index (χ1n) is 8.28. The van der Waals surface area contributed by atoms with Crippen LogP contribution in [0, 0.1) is 12.8 Å². The molecule has 2 aromatic rings. The molecular weight excluding hydrogens is 254 g/mol. The Labute approximate surface area is 129 Å². The maximum absolute atomic E-state index is 3.52. The van der Waals surface area contributed by atoms with Crippen molar-refractivity contribution in [2.24, 2.45) is 5.92 Å².